The molecular formula is C32H54N2O6. The van der Waals surface area contributed by atoms with Gasteiger partial charge < -0.3 is 30.0 Å². The molecule has 0 radical (unpaired) electrons. The number of aliphatic hydroxyl groups is 1. The van der Waals surface area contributed by atoms with Crippen LogP contribution in [0, 0.1) is 29.1 Å². The Balaban J connectivity index is 0.000000161. The summed E-state index contributed by atoms with van der Waals surface area (Å²) in [5.41, 5.74) is -1.07. The first-order chi connectivity index (χ1) is 18.5. The lowest BCUT2D eigenvalue weighted by Gasteiger charge is -2.61. The van der Waals surface area contributed by atoms with Gasteiger partial charge >= 0.3 is 12.2 Å². The van der Waals surface area contributed by atoms with Crippen LogP contribution in [0.15, 0.2) is 0 Å². The first kappa shape index (κ1) is 29.9. The topological polar surface area (TPSA) is 106 Å². The van der Waals surface area contributed by atoms with E-state index in [4.69, 9.17) is 14.2 Å². The predicted molar refractivity (Wildman–Crippen MR) is 153 cm³/mol. The summed E-state index contributed by atoms with van der Waals surface area (Å²) in [5, 5.41) is 16.2. The number of nitrogens with one attached hydrogen (secondary N) is 2. The monoisotopic (exact) mass is 562 g/mol. The van der Waals surface area contributed by atoms with Crippen molar-refractivity contribution in [3.8, 4) is 0 Å². The summed E-state index contributed by atoms with van der Waals surface area (Å²) in [6.07, 6.45) is 12.8. The maximum atomic E-state index is 12.2. The molecule has 8 aliphatic rings. The van der Waals surface area contributed by atoms with Crippen molar-refractivity contribution in [2.75, 3.05) is 13.7 Å². The van der Waals surface area contributed by atoms with E-state index in [1.54, 1.807) is 0 Å². The van der Waals surface area contributed by atoms with Crippen LogP contribution in [0.5, 0.6) is 0 Å². The van der Waals surface area contributed by atoms with Crippen LogP contribution in [0.25, 0.3) is 0 Å². The third kappa shape index (κ3) is 6.43. The van der Waals surface area contributed by atoms with E-state index in [2.05, 4.69) is 10.6 Å². The Bertz CT molecular complexity index is 875. The average Bonchev–Trinajstić information content (AvgIpc) is 2.74. The third-order valence-corrected chi connectivity index (χ3v) is 10.5. The summed E-state index contributed by atoms with van der Waals surface area (Å²) in [7, 11) is 1.83. The summed E-state index contributed by atoms with van der Waals surface area (Å²) < 4.78 is 16.7. The molecule has 8 saturated carbocycles. The van der Waals surface area contributed by atoms with Crippen LogP contribution in [0.1, 0.15) is 119 Å². The normalized spacial score (nSPS) is 42.6. The number of rotatable bonds is 4. The lowest BCUT2D eigenvalue weighted by atomic mass is 9.47. The molecule has 2 amide bonds. The van der Waals surface area contributed by atoms with E-state index in [0.29, 0.717) is 23.7 Å². The highest BCUT2D eigenvalue weighted by Gasteiger charge is 2.59. The second kappa shape index (κ2) is 10.0. The lowest BCUT2D eigenvalue weighted by molar-refractivity contribution is -0.159. The number of ether oxygens (including phenoxy) is 3. The van der Waals surface area contributed by atoms with Gasteiger partial charge in [-0.05, 0) is 148 Å². The summed E-state index contributed by atoms with van der Waals surface area (Å²) >= 11 is 0. The molecule has 8 rings (SSSR count). The van der Waals surface area contributed by atoms with Gasteiger partial charge in [-0.3, -0.25) is 0 Å². The van der Waals surface area contributed by atoms with Gasteiger partial charge in [-0.15, -0.1) is 0 Å². The van der Waals surface area contributed by atoms with Crippen molar-refractivity contribution in [1.29, 1.82) is 0 Å². The first-order valence-electron chi connectivity index (χ1n) is 15.6. The minimum Gasteiger partial charge on any atom is -0.444 e. The van der Waals surface area contributed by atoms with Gasteiger partial charge in [0.15, 0.2) is 0 Å². The summed E-state index contributed by atoms with van der Waals surface area (Å²) in [6, 6.07) is 0. The van der Waals surface area contributed by atoms with E-state index in [1.807, 2.05) is 48.7 Å². The summed E-state index contributed by atoms with van der Waals surface area (Å²) in [4.78, 5) is 24.3. The Morgan fingerprint density at radius 3 is 1.48 bits per heavy atom. The van der Waals surface area contributed by atoms with Gasteiger partial charge in [0.2, 0.25) is 0 Å². The Morgan fingerprint density at radius 1 is 0.700 bits per heavy atom. The van der Waals surface area contributed by atoms with Crippen molar-refractivity contribution in [1.82, 2.24) is 10.6 Å². The van der Waals surface area contributed by atoms with E-state index in [0.717, 1.165) is 64.2 Å². The molecule has 8 aliphatic carbocycles. The van der Waals surface area contributed by atoms with Crippen molar-refractivity contribution in [3.05, 3.63) is 0 Å². The molecule has 8 nitrogen and oxygen atoms in total. The van der Waals surface area contributed by atoms with Gasteiger partial charge in [0, 0.05) is 24.8 Å². The molecule has 0 aliphatic heterocycles. The minimum atomic E-state index is -0.457. The second-order valence-corrected chi connectivity index (χ2v) is 16.8. The smallest absolute Gasteiger partial charge is 0.408 e. The molecule has 0 aromatic heterocycles. The van der Waals surface area contributed by atoms with Crippen LogP contribution in [-0.4, -0.2) is 58.9 Å². The number of methoxy groups -OCH3 is 1. The largest absolute Gasteiger partial charge is 0.444 e. The number of alkyl carbamates (subject to hydrolysis) is 2. The standard InChI is InChI=1S/2C16H27NO3/c1-14(2,3)20-13(18)17-15-6-11-5-12(7-15)9-16(8-11,10-15)19-4;1-14(2,3)20-13(19)17-16-7-11-4-12(8-16)6-15(5-11,9-16)10-18/h11-12H,5-10H2,1-4H3,(H,17,18);11-12,18H,4-10H2,1-3H3,(H,17,19). The molecule has 0 aromatic rings. The van der Waals surface area contributed by atoms with Crippen molar-refractivity contribution in [2.24, 2.45) is 29.1 Å². The Hall–Kier alpha value is -1.54. The van der Waals surface area contributed by atoms with Crippen LogP contribution in [0.3, 0.4) is 0 Å². The van der Waals surface area contributed by atoms with Crippen LogP contribution in [0.4, 0.5) is 9.59 Å². The lowest BCUT2D eigenvalue weighted by Crippen LogP contribution is -2.66. The van der Waals surface area contributed by atoms with Crippen molar-refractivity contribution < 1.29 is 28.9 Å². The van der Waals surface area contributed by atoms with Gasteiger partial charge in [0.1, 0.15) is 11.2 Å². The zero-order chi connectivity index (χ0) is 29.2. The second-order valence-electron chi connectivity index (χ2n) is 16.8. The number of carbonyl (C=O) groups is 2. The fourth-order valence-corrected chi connectivity index (χ4v) is 10.4. The van der Waals surface area contributed by atoms with Crippen molar-refractivity contribution in [3.63, 3.8) is 0 Å². The predicted octanol–water partition coefficient (Wildman–Crippen LogP) is 6.09. The molecule has 4 atom stereocenters. The number of amides is 2. The molecule has 8 heteroatoms. The number of aliphatic hydroxyl groups excluding tert-OH is 1. The SMILES string of the molecule is CC(C)(C)OC(=O)NC12CC3CC(CC(CO)(C3)C1)C2.COC12CC3CC(CC(NC(=O)OC(C)(C)C)(C3)C1)C2. The van der Waals surface area contributed by atoms with Gasteiger partial charge in [0.05, 0.1) is 5.60 Å². The first-order valence-corrected chi connectivity index (χ1v) is 15.6. The molecule has 0 aromatic carbocycles. The van der Waals surface area contributed by atoms with Crippen molar-refractivity contribution >= 4 is 12.2 Å². The molecule has 4 unspecified atom stereocenters. The summed E-state index contributed by atoms with van der Waals surface area (Å²) in [5.74, 6) is 2.73. The molecule has 228 valence electrons. The van der Waals surface area contributed by atoms with Crippen LogP contribution in [0.2, 0.25) is 0 Å². The highest BCUT2D eigenvalue weighted by molar-refractivity contribution is 5.69. The Morgan fingerprint density at radius 2 is 1.10 bits per heavy atom. The van der Waals surface area contributed by atoms with Crippen LogP contribution >= 0.6 is 0 Å². The van der Waals surface area contributed by atoms with E-state index in [-0.39, 0.29) is 40.9 Å². The number of hydrogen-bond donors (Lipinski definition) is 3. The maximum Gasteiger partial charge on any atom is 0.408 e. The molecule has 0 saturated heterocycles. The van der Waals surface area contributed by atoms with Gasteiger partial charge in [-0.2, -0.15) is 0 Å². The van der Waals surface area contributed by atoms with Gasteiger partial charge in [-0.25, -0.2) is 9.59 Å². The number of carbonyl (C=O) groups excluding carboxylic acids is 2. The maximum absolute atomic E-state index is 12.2. The number of hydrogen-bond acceptors (Lipinski definition) is 6. The highest BCUT2D eigenvalue weighted by Crippen LogP contribution is 2.61. The highest BCUT2D eigenvalue weighted by atomic mass is 16.6. The molecule has 8 fully saturated rings. The zero-order valence-corrected chi connectivity index (χ0v) is 26.0. The summed E-state index contributed by atoms with van der Waals surface area (Å²) in [6.45, 7) is 11.6. The minimum absolute atomic E-state index is 0.000897. The van der Waals surface area contributed by atoms with E-state index in [9.17, 15) is 14.7 Å². The van der Waals surface area contributed by atoms with Gasteiger partial charge in [0.25, 0.3) is 0 Å². The van der Waals surface area contributed by atoms with Crippen LogP contribution < -0.4 is 10.6 Å². The fraction of sp³-hybridized carbons (Fsp3) is 0.938. The Labute approximate surface area is 241 Å². The van der Waals surface area contributed by atoms with E-state index < -0.39 is 11.2 Å². The third-order valence-electron chi connectivity index (χ3n) is 10.5. The fourth-order valence-electron chi connectivity index (χ4n) is 10.4. The van der Waals surface area contributed by atoms with E-state index in [1.165, 1.54) is 12.8 Å². The van der Waals surface area contributed by atoms with E-state index >= 15 is 0 Å². The van der Waals surface area contributed by atoms with Crippen molar-refractivity contribution in [2.45, 2.75) is 146 Å². The molecule has 0 heterocycles. The zero-order valence-electron chi connectivity index (χ0n) is 26.0. The molecule has 0 spiro atoms. The quantitative estimate of drug-likeness (QED) is 0.383. The van der Waals surface area contributed by atoms with Crippen LogP contribution in [-0.2, 0) is 14.2 Å². The molecule has 3 N–H and O–H groups in total. The average molecular weight is 563 g/mol. The Kier molecular flexibility index (Phi) is 7.51. The van der Waals surface area contributed by atoms with Gasteiger partial charge in [-0.1, -0.05) is 0 Å². The molecular weight excluding hydrogens is 508 g/mol. The molecule has 8 bridgehead atoms. The molecule has 40 heavy (non-hydrogen) atoms.